The Morgan fingerprint density at radius 1 is 1.10 bits per heavy atom. The molecule has 0 bridgehead atoms. The molecule has 30 heavy (non-hydrogen) atoms. The number of fused-ring (bicyclic) bond motifs is 2. The molecule has 0 fully saturated rings. The van der Waals surface area contributed by atoms with Crippen LogP contribution in [0.5, 0.6) is 0 Å². The Balaban J connectivity index is 1.78. The molecule has 1 aromatic heterocycles. The number of nitrogens with zero attached hydrogens (tertiary/aromatic N) is 1. The molecule has 0 radical (unpaired) electrons. The van der Waals surface area contributed by atoms with E-state index in [1.165, 1.54) is 0 Å². The van der Waals surface area contributed by atoms with Crippen molar-refractivity contribution in [2.75, 3.05) is 19.4 Å². The van der Waals surface area contributed by atoms with Crippen molar-refractivity contribution in [1.82, 2.24) is 4.90 Å². The van der Waals surface area contributed by atoms with Crippen LogP contribution in [0.3, 0.4) is 0 Å². The number of amides is 1. The van der Waals surface area contributed by atoms with Gasteiger partial charge in [0.15, 0.2) is 5.43 Å². The average Bonchev–Trinajstić information content (AvgIpc) is 3.03. The van der Waals surface area contributed by atoms with Gasteiger partial charge in [-0.1, -0.05) is 24.3 Å². The minimum atomic E-state index is -0.455. The maximum atomic E-state index is 13.4. The van der Waals surface area contributed by atoms with Gasteiger partial charge in [0.2, 0.25) is 5.76 Å². The van der Waals surface area contributed by atoms with E-state index in [1.807, 2.05) is 50.4 Å². The second-order valence-electron chi connectivity index (χ2n) is 7.62. The second kappa shape index (κ2) is 8.66. The van der Waals surface area contributed by atoms with Crippen LogP contribution in [0, 0.1) is 0 Å². The van der Waals surface area contributed by atoms with E-state index in [0.29, 0.717) is 36.1 Å². The van der Waals surface area contributed by atoms with Crippen LogP contribution in [0.15, 0.2) is 62.6 Å². The van der Waals surface area contributed by atoms with Gasteiger partial charge in [-0.05, 0) is 56.4 Å². The number of hydrogen-bond donors (Lipinski definition) is 0. The van der Waals surface area contributed by atoms with Crippen molar-refractivity contribution in [1.29, 1.82) is 0 Å². The number of carbonyl (C=O) groups excluding carboxylic acids is 1. The smallest absolute Gasteiger partial charge is 0.290 e. The van der Waals surface area contributed by atoms with Crippen LogP contribution >= 0.6 is 11.8 Å². The zero-order valence-corrected chi connectivity index (χ0v) is 18.2. The normalized spacial score (nSPS) is 15.9. The Hall–Kier alpha value is -2.57. The van der Waals surface area contributed by atoms with E-state index in [4.69, 9.17) is 9.15 Å². The summed E-state index contributed by atoms with van der Waals surface area (Å²) in [6.45, 7) is 5.02. The van der Waals surface area contributed by atoms with E-state index >= 15 is 0 Å². The van der Waals surface area contributed by atoms with Gasteiger partial charge in [-0.25, -0.2) is 0 Å². The Labute approximate surface area is 180 Å². The molecule has 1 amide bonds. The molecule has 0 aliphatic carbocycles. The summed E-state index contributed by atoms with van der Waals surface area (Å²) < 4.78 is 11.6. The molecule has 3 aromatic rings. The standard InChI is InChI=1S/C24H25NO4S/c1-15(2)28-14-6-13-25-21(16-9-11-17(30-3)12-10-16)20-22(26)18-7-4-5-8-19(18)29-23(20)24(25)27/h4-5,7-12,15,21H,6,13-14H2,1-3H3. The molecular formula is C24H25NO4S. The zero-order valence-electron chi connectivity index (χ0n) is 17.4. The van der Waals surface area contributed by atoms with E-state index in [0.717, 1.165) is 10.5 Å². The molecule has 0 spiro atoms. The maximum absolute atomic E-state index is 13.4. The zero-order chi connectivity index (χ0) is 21.3. The van der Waals surface area contributed by atoms with Crippen molar-refractivity contribution in [2.24, 2.45) is 0 Å². The topological polar surface area (TPSA) is 59.8 Å². The predicted octanol–water partition coefficient (Wildman–Crippen LogP) is 4.88. The SMILES string of the molecule is CSc1ccc(C2c3c(oc4ccccc4c3=O)C(=O)N2CCCOC(C)C)cc1. The quantitative estimate of drug-likeness (QED) is 0.401. The minimum Gasteiger partial charge on any atom is -0.450 e. The largest absolute Gasteiger partial charge is 0.450 e. The van der Waals surface area contributed by atoms with E-state index < -0.39 is 6.04 Å². The Morgan fingerprint density at radius 2 is 1.83 bits per heavy atom. The molecule has 6 heteroatoms. The fourth-order valence-corrected chi connectivity index (χ4v) is 4.29. The molecule has 5 nitrogen and oxygen atoms in total. The monoisotopic (exact) mass is 423 g/mol. The number of rotatable bonds is 7. The molecular weight excluding hydrogens is 398 g/mol. The average molecular weight is 424 g/mol. The van der Waals surface area contributed by atoms with Crippen molar-refractivity contribution in [3.05, 3.63) is 75.6 Å². The third-order valence-corrected chi connectivity index (χ3v) is 6.04. The predicted molar refractivity (Wildman–Crippen MR) is 119 cm³/mol. The summed E-state index contributed by atoms with van der Waals surface area (Å²) >= 11 is 1.65. The third-order valence-electron chi connectivity index (χ3n) is 5.30. The number of thioether (sulfide) groups is 1. The van der Waals surface area contributed by atoms with Gasteiger partial charge in [0.1, 0.15) is 5.58 Å². The van der Waals surface area contributed by atoms with Gasteiger partial charge in [-0.2, -0.15) is 0 Å². The van der Waals surface area contributed by atoms with Crippen molar-refractivity contribution >= 4 is 28.6 Å². The first kappa shape index (κ1) is 20.7. The van der Waals surface area contributed by atoms with Gasteiger partial charge in [-0.3, -0.25) is 9.59 Å². The first-order chi connectivity index (χ1) is 14.5. The van der Waals surface area contributed by atoms with Gasteiger partial charge in [0.25, 0.3) is 5.91 Å². The van der Waals surface area contributed by atoms with E-state index in [1.54, 1.807) is 34.9 Å². The highest BCUT2D eigenvalue weighted by Crippen LogP contribution is 2.38. The molecule has 0 saturated carbocycles. The summed E-state index contributed by atoms with van der Waals surface area (Å²) in [6, 6.07) is 14.7. The number of hydrogen-bond acceptors (Lipinski definition) is 5. The molecule has 1 atom stereocenters. The molecule has 0 N–H and O–H groups in total. The van der Waals surface area contributed by atoms with Crippen molar-refractivity contribution < 1.29 is 13.9 Å². The maximum Gasteiger partial charge on any atom is 0.290 e. The molecule has 156 valence electrons. The fourth-order valence-electron chi connectivity index (χ4n) is 3.88. The molecule has 4 rings (SSSR count). The molecule has 1 unspecified atom stereocenters. The van der Waals surface area contributed by atoms with Crippen LogP contribution in [0.25, 0.3) is 11.0 Å². The summed E-state index contributed by atoms with van der Waals surface area (Å²) in [6.07, 6.45) is 2.84. The first-order valence-electron chi connectivity index (χ1n) is 10.1. The number of ether oxygens (including phenoxy) is 1. The highest BCUT2D eigenvalue weighted by Gasteiger charge is 2.42. The number of carbonyl (C=O) groups is 1. The lowest BCUT2D eigenvalue weighted by Gasteiger charge is -2.25. The van der Waals surface area contributed by atoms with Gasteiger partial charge < -0.3 is 14.1 Å². The highest BCUT2D eigenvalue weighted by atomic mass is 32.2. The summed E-state index contributed by atoms with van der Waals surface area (Å²) in [5, 5.41) is 0.500. The lowest BCUT2D eigenvalue weighted by molar-refractivity contribution is 0.0593. The second-order valence-corrected chi connectivity index (χ2v) is 8.50. The van der Waals surface area contributed by atoms with Gasteiger partial charge in [0, 0.05) is 18.0 Å². The summed E-state index contributed by atoms with van der Waals surface area (Å²) in [4.78, 5) is 29.5. The molecule has 1 aliphatic rings. The van der Waals surface area contributed by atoms with Crippen LogP contribution in [0.1, 0.15) is 48.0 Å². The Bertz CT molecular complexity index is 1120. The Morgan fingerprint density at radius 3 is 2.53 bits per heavy atom. The number of benzene rings is 2. The van der Waals surface area contributed by atoms with Gasteiger partial charge >= 0.3 is 0 Å². The third kappa shape index (κ3) is 3.77. The van der Waals surface area contributed by atoms with Crippen LogP contribution < -0.4 is 5.43 Å². The summed E-state index contributed by atoms with van der Waals surface area (Å²) in [5.41, 5.74) is 1.64. The van der Waals surface area contributed by atoms with Crippen LogP contribution in [0.2, 0.25) is 0 Å². The van der Waals surface area contributed by atoms with E-state index in [-0.39, 0.29) is 23.2 Å². The molecule has 1 aliphatic heterocycles. The van der Waals surface area contributed by atoms with Gasteiger partial charge in [0.05, 0.1) is 23.1 Å². The molecule has 0 saturated heterocycles. The van der Waals surface area contributed by atoms with Crippen molar-refractivity contribution in [3.8, 4) is 0 Å². The Kier molecular flexibility index (Phi) is 5.97. The van der Waals surface area contributed by atoms with E-state index in [9.17, 15) is 9.59 Å². The van der Waals surface area contributed by atoms with Crippen LogP contribution in [0.4, 0.5) is 0 Å². The fraction of sp³-hybridized carbons (Fsp3) is 0.333. The molecule has 2 aromatic carbocycles. The molecule has 2 heterocycles. The van der Waals surface area contributed by atoms with E-state index in [2.05, 4.69) is 0 Å². The lowest BCUT2D eigenvalue weighted by Crippen LogP contribution is -2.31. The number of para-hydroxylation sites is 1. The van der Waals surface area contributed by atoms with Gasteiger partial charge in [-0.15, -0.1) is 11.8 Å². The minimum absolute atomic E-state index is 0.139. The van der Waals surface area contributed by atoms with Crippen LogP contribution in [-0.2, 0) is 4.74 Å². The lowest BCUT2D eigenvalue weighted by atomic mass is 9.98. The highest BCUT2D eigenvalue weighted by molar-refractivity contribution is 7.98. The van der Waals surface area contributed by atoms with Crippen LogP contribution in [-0.4, -0.2) is 36.3 Å². The van der Waals surface area contributed by atoms with Crippen molar-refractivity contribution in [2.45, 2.75) is 37.3 Å². The van der Waals surface area contributed by atoms with Crippen molar-refractivity contribution in [3.63, 3.8) is 0 Å². The first-order valence-corrected chi connectivity index (χ1v) is 11.4. The summed E-state index contributed by atoms with van der Waals surface area (Å²) in [5.74, 6) is -0.0845. The summed E-state index contributed by atoms with van der Waals surface area (Å²) in [7, 11) is 0.